The number of aliphatic hydroxyl groups is 1. The maximum Gasteiger partial charge on any atom is 0.134 e. The topological polar surface area (TPSA) is 59.1 Å². The number of hydrogen-bond acceptors (Lipinski definition) is 3. The number of halogens is 1. The van der Waals surface area contributed by atoms with Crippen LogP contribution in [0.15, 0.2) is 12.3 Å². The maximum absolute atomic E-state index is 8.66. The van der Waals surface area contributed by atoms with E-state index in [1.165, 1.54) is 6.20 Å². The van der Waals surface area contributed by atoms with Gasteiger partial charge in [-0.15, -0.1) is 0 Å². The van der Waals surface area contributed by atoms with Crippen LogP contribution in [0.2, 0.25) is 5.15 Å². The third kappa shape index (κ3) is 1.37. The number of aromatic nitrogens is 1. The smallest absolute Gasteiger partial charge is 0.134 e. The van der Waals surface area contributed by atoms with Crippen molar-refractivity contribution in [3.8, 4) is 0 Å². The van der Waals surface area contributed by atoms with Crippen LogP contribution < -0.4 is 5.73 Å². The van der Waals surface area contributed by atoms with Crippen molar-refractivity contribution >= 4 is 17.3 Å². The van der Waals surface area contributed by atoms with Crippen molar-refractivity contribution in [2.45, 2.75) is 6.61 Å². The van der Waals surface area contributed by atoms with Crippen LogP contribution in [-0.4, -0.2) is 10.1 Å². The molecule has 0 unspecified atom stereocenters. The number of rotatable bonds is 1. The molecule has 0 aliphatic carbocycles. The van der Waals surface area contributed by atoms with Crippen LogP contribution in [0.1, 0.15) is 5.56 Å². The number of pyridine rings is 1. The molecule has 0 saturated carbocycles. The van der Waals surface area contributed by atoms with Gasteiger partial charge in [0.05, 0.1) is 18.5 Å². The van der Waals surface area contributed by atoms with Crippen LogP contribution in [0.3, 0.4) is 0 Å². The van der Waals surface area contributed by atoms with Crippen LogP contribution in [0.25, 0.3) is 0 Å². The van der Waals surface area contributed by atoms with Crippen LogP contribution in [0.5, 0.6) is 0 Å². The molecule has 0 atom stereocenters. The van der Waals surface area contributed by atoms with Crippen LogP contribution in [0, 0.1) is 0 Å². The second kappa shape index (κ2) is 2.86. The summed E-state index contributed by atoms with van der Waals surface area (Å²) in [7, 11) is 0. The minimum Gasteiger partial charge on any atom is -0.397 e. The largest absolute Gasteiger partial charge is 0.397 e. The maximum atomic E-state index is 8.66. The Labute approximate surface area is 63.5 Å². The number of nitrogens with zero attached hydrogens (tertiary/aromatic N) is 1. The second-order valence-corrected chi connectivity index (χ2v) is 2.23. The summed E-state index contributed by atoms with van der Waals surface area (Å²) in [5, 5.41) is 8.97. The summed E-state index contributed by atoms with van der Waals surface area (Å²) in [6.07, 6.45) is 1.45. The van der Waals surface area contributed by atoms with Gasteiger partial charge in [0.1, 0.15) is 5.15 Å². The van der Waals surface area contributed by atoms with Crippen LogP contribution >= 0.6 is 11.6 Å². The van der Waals surface area contributed by atoms with E-state index in [9.17, 15) is 0 Å². The summed E-state index contributed by atoms with van der Waals surface area (Å²) in [5.74, 6) is 0. The molecule has 4 heteroatoms. The Hall–Kier alpha value is -0.800. The molecule has 1 aromatic heterocycles. The van der Waals surface area contributed by atoms with E-state index < -0.39 is 0 Å². The minimum absolute atomic E-state index is 0.128. The first-order chi connectivity index (χ1) is 4.74. The predicted octanol–water partition coefficient (Wildman–Crippen LogP) is 0.810. The lowest BCUT2D eigenvalue weighted by atomic mass is 10.3. The molecular weight excluding hydrogens is 152 g/mol. The standard InChI is InChI=1S/C6H7ClN2O/c7-6-4(3-10)1-5(8)2-9-6/h1-2,10H,3,8H2. The molecule has 1 rings (SSSR count). The summed E-state index contributed by atoms with van der Waals surface area (Å²) >= 11 is 5.57. The summed E-state index contributed by atoms with van der Waals surface area (Å²) in [6, 6.07) is 1.59. The van der Waals surface area contributed by atoms with Crippen molar-refractivity contribution in [3.05, 3.63) is 23.0 Å². The Morgan fingerprint density at radius 2 is 2.40 bits per heavy atom. The van der Waals surface area contributed by atoms with Crippen molar-refractivity contribution in [2.75, 3.05) is 5.73 Å². The molecule has 0 spiro atoms. The molecule has 0 aliphatic rings. The van der Waals surface area contributed by atoms with Crippen molar-refractivity contribution in [2.24, 2.45) is 0 Å². The highest BCUT2D eigenvalue weighted by atomic mass is 35.5. The van der Waals surface area contributed by atoms with Gasteiger partial charge in [-0.25, -0.2) is 4.98 Å². The Morgan fingerprint density at radius 3 is 2.90 bits per heavy atom. The van der Waals surface area contributed by atoms with Gasteiger partial charge in [0.25, 0.3) is 0 Å². The van der Waals surface area contributed by atoms with E-state index in [4.69, 9.17) is 22.4 Å². The zero-order valence-electron chi connectivity index (χ0n) is 5.21. The highest BCUT2D eigenvalue weighted by Gasteiger charge is 1.98. The van der Waals surface area contributed by atoms with E-state index in [1.807, 2.05) is 0 Å². The van der Waals surface area contributed by atoms with E-state index in [0.717, 1.165) is 0 Å². The zero-order chi connectivity index (χ0) is 7.56. The van der Waals surface area contributed by atoms with Gasteiger partial charge in [0, 0.05) is 5.56 Å². The van der Waals surface area contributed by atoms with Gasteiger partial charge in [-0.3, -0.25) is 0 Å². The molecule has 3 N–H and O–H groups in total. The van der Waals surface area contributed by atoms with Gasteiger partial charge in [0.2, 0.25) is 0 Å². The first-order valence-corrected chi connectivity index (χ1v) is 3.12. The highest BCUT2D eigenvalue weighted by Crippen LogP contribution is 2.14. The highest BCUT2D eigenvalue weighted by molar-refractivity contribution is 6.30. The van der Waals surface area contributed by atoms with Gasteiger partial charge in [-0.05, 0) is 6.07 Å². The molecule has 0 saturated heterocycles. The lowest BCUT2D eigenvalue weighted by Crippen LogP contribution is -1.92. The predicted molar refractivity (Wildman–Crippen MR) is 39.6 cm³/mol. The normalized spacial score (nSPS) is 9.80. The third-order valence-corrected chi connectivity index (χ3v) is 1.44. The Kier molecular flexibility index (Phi) is 2.09. The SMILES string of the molecule is Nc1cnc(Cl)c(CO)c1. The monoisotopic (exact) mass is 158 g/mol. The van der Waals surface area contributed by atoms with Gasteiger partial charge in [-0.2, -0.15) is 0 Å². The van der Waals surface area contributed by atoms with E-state index in [2.05, 4.69) is 4.98 Å². The summed E-state index contributed by atoms with van der Waals surface area (Å²) in [6.45, 7) is -0.128. The fourth-order valence-corrected chi connectivity index (χ4v) is 0.786. The molecule has 0 amide bonds. The summed E-state index contributed by atoms with van der Waals surface area (Å²) < 4.78 is 0. The molecule has 0 radical (unpaired) electrons. The quantitative estimate of drug-likeness (QED) is 0.595. The molecule has 0 fully saturated rings. The lowest BCUT2D eigenvalue weighted by molar-refractivity contribution is 0.281. The van der Waals surface area contributed by atoms with Crippen molar-refractivity contribution in [1.82, 2.24) is 4.98 Å². The van der Waals surface area contributed by atoms with E-state index >= 15 is 0 Å². The third-order valence-electron chi connectivity index (χ3n) is 1.10. The number of anilines is 1. The van der Waals surface area contributed by atoms with E-state index in [-0.39, 0.29) is 6.61 Å². The Morgan fingerprint density at radius 1 is 1.70 bits per heavy atom. The molecular formula is C6H7ClN2O. The van der Waals surface area contributed by atoms with Gasteiger partial charge >= 0.3 is 0 Å². The fraction of sp³-hybridized carbons (Fsp3) is 0.167. The zero-order valence-corrected chi connectivity index (χ0v) is 5.97. The number of aliphatic hydroxyl groups excluding tert-OH is 1. The molecule has 1 aromatic rings. The Balaban J connectivity index is 3.09. The lowest BCUT2D eigenvalue weighted by Gasteiger charge is -1.98. The van der Waals surface area contributed by atoms with E-state index in [1.54, 1.807) is 6.07 Å². The van der Waals surface area contributed by atoms with Crippen LogP contribution in [-0.2, 0) is 6.61 Å². The first kappa shape index (κ1) is 7.31. The first-order valence-electron chi connectivity index (χ1n) is 2.75. The van der Waals surface area contributed by atoms with Crippen molar-refractivity contribution < 1.29 is 5.11 Å². The molecule has 1 heterocycles. The molecule has 3 nitrogen and oxygen atoms in total. The van der Waals surface area contributed by atoms with Gasteiger partial charge in [-0.1, -0.05) is 11.6 Å². The average molecular weight is 159 g/mol. The summed E-state index contributed by atoms with van der Waals surface area (Å²) in [5.41, 5.74) is 6.44. The molecule has 54 valence electrons. The minimum atomic E-state index is -0.128. The second-order valence-electron chi connectivity index (χ2n) is 1.88. The molecule has 0 aliphatic heterocycles. The van der Waals surface area contributed by atoms with Crippen LogP contribution in [0.4, 0.5) is 5.69 Å². The fourth-order valence-electron chi connectivity index (χ4n) is 0.623. The van der Waals surface area contributed by atoms with E-state index in [0.29, 0.717) is 16.4 Å². The number of nitrogen functional groups attached to an aromatic ring is 1. The number of hydrogen-bond donors (Lipinski definition) is 2. The average Bonchev–Trinajstić information content (AvgIpc) is 1.94. The van der Waals surface area contributed by atoms with Gasteiger partial charge < -0.3 is 10.8 Å². The Bertz CT molecular complexity index is 239. The molecule has 0 bridgehead atoms. The molecule has 0 aromatic carbocycles. The van der Waals surface area contributed by atoms with Crippen molar-refractivity contribution in [3.63, 3.8) is 0 Å². The molecule has 10 heavy (non-hydrogen) atoms. The number of nitrogens with two attached hydrogens (primary N) is 1. The van der Waals surface area contributed by atoms with Crippen molar-refractivity contribution in [1.29, 1.82) is 0 Å². The summed E-state index contributed by atoms with van der Waals surface area (Å²) in [4.78, 5) is 3.73. The van der Waals surface area contributed by atoms with Gasteiger partial charge in [0.15, 0.2) is 0 Å².